The van der Waals surface area contributed by atoms with Crippen LogP contribution in [0, 0.1) is 0 Å². The van der Waals surface area contributed by atoms with Gasteiger partial charge in [-0.05, 0) is 26.8 Å². The summed E-state index contributed by atoms with van der Waals surface area (Å²) in [5, 5.41) is 14.2. The topological polar surface area (TPSA) is 80.0 Å². The van der Waals surface area contributed by atoms with Crippen LogP contribution in [0.25, 0.3) is 0 Å². The molecule has 3 atom stereocenters. The lowest BCUT2D eigenvalue weighted by atomic mass is 10.3. The molecule has 1 rings (SSSR count). The van der Waals surface area contributed by atoms with Crippen molar-refractivity contribution in [1.82, 2.24) is 15.5 Å². The molecule has 0 aliphatic rings. The molecule has 0 bridgehead atoms. The maximum atomic E-state index is 11.1. The summed E-state index contributed by atoms with van der Waals surface area (Å²) in [7, 11) is -0.840. The van der Waals surface area contributed by atoms with Crippen molar-refractivity contribution in [2.45, 2.75) is 39.3 Å². The van der Waals surface area contributed by atoms with Crippen molar-refractivity contribution in [1.29, 1.82) is 0 Å². The molecule has 0 aliphatic heterocycles. The van der Waals surface area contributed by atoms with E-state index in [-0.39, 0.29) is 12.1 Å². The van der Waals surface area contributed by atoms with Gasteiger partial charge in [-0.3, -0.25) is 4.21 Å². The van der Waals surface area contributed by atoms with E-state index in [1.54, 1.807) is 6.26 Å². The summed E-state index contributed by atoms with van der Waals surface area (Å²) < 4.78 is 16.6. The number of rotatable bonds is 8. The molecule has 0 spiro atoms. The van der Waals surface area contributed by atoms with E-state index in [4.69, 9.17) is 4.42 Å². The highest BCUT2D eigenvalue weighted by molar-refractivity contribution is 7.84. The molecule has 0 saturated heterocycles. The molecule has 3 unspecified atom stereocenters. The molecule has 0 radical (unpaired) electrons. The Labute approximate surface area is 110 Å². The van der Waals surface area contributed by atoms with Gasteiger partial charge in [-0.15, -0.1) is 5.10 Å². The quantitative estimate of drug-likeness (QED) is 0.744. The zero-order valence-corrected chi connectivity index (χ0v) is 12.2. The summed E-state index contributed by atoms with van der Waals surface area (Å²) in [6.07, 6.45) is 2.73. The predicted molar refractivity (Wildman–Crippen MR) is 73.0 cm³/mol. The molecule has 6 nitrogen and oxygen atoms in total. The zero-order chi connectivity index (χ0) is 13.5. The first kappa shape index (κ1) is 15.1. The molecular formula is C11H22N4O2S. The van der Waals surface area contributed by atoms with Crippen molar-refractivity contribution in [3.63, 3.8) is 0 Å². The van der Waals surface area contributed by atoms with Gasteiger partial charge in [-0.1, -0.05) is 12.0 Å². The fourth-order valence-electron chi connectivity index (χ4n) is 1.52. The molecule has 1 aromatic heterocycles. The Morgan fingerprint density at radius 2 is 2.11 bits per heavy atom. The van der Waals surface area contributed by atoms with Gasteiger partial charge in [0.1, 0.15) is 0 Å². The van der Waals surface area contributed by atoms with E-state index < -0.39 is 10.8 Å². The van der Waals surface area contributed by atoms with Gasteiger partial charge in [0.15, 0.2) is 0 Å². The molecule has 0 aromatic carbocycles. The number of anilines is 1. The Morgan fingerprint density at radius 3 is 2.72 bits per heavy atom. The Morgan fingerprint density at radius 1 is 1.39 bits per heavy atom. The van der Waals surface area contributed by atoms with Gasteiger partial charge < -0.3 is 15.1 Å². The van der Waals surface area contributed by atoms with Crippen molar-refractivity contribution < 1.29 is 8.63 Å². The number of hydrogen-bond donors (Lipinski definition) is 2. The van der Waals surface area contributed by atoms with Crippen molar-refractivity contribution in [2.24, 2.45) is 0 Å². The third-order valence-electron chi connectivity index (χ3n) is 2.37. The van der Waals surface area contributed by atoms with Crippen LogP contribution in [0.1, 0.15) is 39.1 Å². The molecular weight excluding hydrogens is 252 g/mol. The SMILES string of the molecule is CCCNC(C)c1nnc(NC(C)CS(C)=O)o1. The van der Waals surface area contributed by atoms with E-state index in [1.807, 2.05) is 13.8 Å². The van der Waals surface area contributed by atoms with Crippen molar-refractivity contribution >= 4 is 16.8 Å². The molecule has 2 N–H and O–H groups in total. The highest BCUT2D eigenvalue weighted by Gasteiger charge is 2.14. The maximum Gasteiger partial charge on any atom is 0.315 e. The van der Waals surface area contributed by atoms with Crippen LogP contribution in [0.15, 0.2) is 4.42 Å². The van der Waals surface area contributed by atoms with E-state index >= 15 is 0 Å². The maximum absolute atomic E-state index is 11.1. The van der Waals surface area contributed by atoms with Gasteiger partial charge in [-0.25, -0.2) is 0 Å². The molecule has 0 saturated carbocycles. The summed E-state index contributed by atoms with van der Waals surface area (Å²) in [4.78, 5) is 0. The summed E-state index contributed by atoms with van der Waals surface area (Å²) in [5.74, 6) is 1.12. The second-order valence-electron chi connectivity index (χ2n) is 4.41. The monoisotopic (exact) mass is 274 g/mol. The van der Waals surface area contributed by atoms with Gasteiger partial charge in [0.05, 0.1) is 6.04 Å². The third-order valence-corrected chi connectivity index (χ3v) is 3.34. The van der Waals surface area contributed by atoms with Crippen LogP contribution in [0.3, 0.4) is 0 Å². The average Bonchev–Trinajstić information content (AvgIpc) is 2.73. The lowest BCUT2D eigenvalue weighted by Crippen LogP contribution is -2.22. The van der Waals surface area contributed by atoms with Gasteiger partial charge in [-0.2, -0.15) is 0 Å². The number of nitrogens with zero attached hydrogens (tertiary/aromatic N) is 2. The van der Waals surface area contributed by atoms with E-state index in [0.29, 0.717) is 17.7 Å². The van der Waals surface area contributed by atoms with Gasteiger partial charge in [0.2, 0.25) is 5.89 Å². The van der Waals surface area contributed by atoms with Crippen LogP contribution in [0.5, 0.6) is 0 Å². The molecule has 18 heavy (non-hydrogen) atoms. The van der Waals surface area contributed by atoms with Crippen LogP contribution in [0.4, 0.5) is 6.01 Å². The highest BCUT2D eigenvalue weighted by atomic mass is 32.2. The first-order valence-electron chi connectivity index (χ1n) is 6.16. The number of aromatic nitrogens is 2. The van der Waals surface area contributed by atoms with Crippen molar-refractivity contribution in [3.8, 4) is 0 Å². The summed E-state index contributed by atoms with van der Waals surface area (Å²) in [6.45, 7) is 6.94. The molecule has 0 amide bonds. The standard InChI is InChI=1S/C11H22N4O2S/c1-5-6-12-9(3)10-14-15-11(17-10)13-8(2)7-18(4)16/h8-9,12H,5-7H2,1-4H3,(H,13,15). The molecule has 0 aliphatic carbocycles. The summed E-state index contributed by atoms with van der Waals surface area (Å²) in [5.41, 5.74) is 0. The molecule has 7 heteroatoms. The Bertz CT molecular complexity index is 383. The molecule has 1 heterocycles. The van der Waals surface area contributed by atoms with Crippen LogP contribution >= 0.6 is 0 Å². The molecule has 0 fully saturated rings. The smallest absolute Gasteiger partial charge is 0.315 e. The second-order valence-corrected chi connectivity index (χ2v) is 5.89. The first-order chi connectivity index (χ1) is 8.52. The zero-order valence-electron chi connectivity index (χ0n) is 11.4. The van der Waals surface area contributed by atoms with Crippen LogP contribution in [-0.4, -0.2) is 39.0 Å². The van der Waals surface area contributed by atoms with Crippen LogP contribution < -0.4 is 10.6 Å². The van der Waals surface area contributed by atoms with E-state index in [1.165, 1.54) is 0 Å². The largest absolute Gasteiger partial charge is 0.406 e. The number of nitrogens with one attached hydrogen (secondary N) is 2. The number of hydrogen-bond acceptors (Lipinski definition) is 6. The van der Waals surface area contributed by atoms with E-state index in [2.05, 4.69) is 27.8 Å². The summed E-state index contributed by atoms with van der Waals surface area (Å²) >= 11 is 0. The van der Waals surface area contributed by atoms with Gasteiger partial charge in [0.25, 0.3) is 0 Å². The van der Waals surface area contributed by atoms with Crippen molar-refractivity contribution in [2.75, 3.05) is 23.9 Å². The lowest BCUT2D eigenvalue weighted by Gasteiger charge is -2.10. The normalized spacial score (nSPS) is 16.2. The third kappa shape index (κ3) is 5.14. The fraction of sp³-hybridized carbons (Fsp3) is 0.818. The second kappa shape index (κ2) is 7.48. The van der Waals surface area contributed by atoms with Crippen LogP contribution in [-0.2, 0) is 10.8 Å². The molecule has 104 valence electrons. The molecule has 1 aromatic rings. The van der Waals surface area contributed by atoms with Gasteiger partial charge in [0, 0.05) is 28.9 Å². The van der Waals surface area contributed by atoms with Gasteiger partial charge >= 0.3 is 6.01 Å². The Kier molecular flexibility index (Phi) is 6.28. The minimum absolute atomic E-state index is 0.0445. The van der Waals surface area contributed by atoms with Crippen molar-refractivity contribution in [3.05, 3.63) is 5.89 Å². The predicted octanol–water partition coefficient (Wildman–Crippen LogP) is 1.31. The van der Waals surface area contributed by atoms with Crippen LogP contribution in [0.2, 0.25) is 0 Å². The minimum Gasteiger partial charge on any atom is -0.406 e. The Hall–Kier alpha value is -0.950. The fourth-order valence-corrected chi connectivity index (χ4v) is 2.31. The van der Waals surface area contributed by atoms with E-state index in [9.17, 15) is 4.21 Å². The summed E-state index contributed by atoms with van der Waals surface area (Å²) in [6, 6.07) is 0.472. The first-order valence-corrected chi connectivity index (χ1v) is 7.89. The lowest BCUT2D eigenvalue weighted by molar-refractivity contribution is 0.422. The minimum atomic E-state index is -0.840. The van der Waals surface area contributed by atoms with E-state index in [0.717, 1.165) is 13.0 Å². The Balaban J connectivity index is 2.49. The highest BCUT2D eigenvalue weighted by Crippen LogP contribution is 2.14. The average molecular weight is 274 g/mol.